The van der Waals surface area contributed by atoms with Gasteiger partial charge in [0.2, 0.25) is 5.78 Å². The standard InChI is InChI=1S/C17H14O2S/c1-2-19-13-8-9-14-15(11-13)20-16(17(14)18)10-12-6-4-3-5-7-12/h3-11H,2H2,1H3. The first-order valence-electron chi connectivity index (χ1n) is 6.54. The first kappa shape index (κ1) is 13.0. The maximum Gasteiger partial charge on any atom is 0.200 e. The van der Waals surface area contributed by atoms with Crippen molar-refractivity contribution in [2.45, 2.75) is 11.8 Å². The molecular weight excluding hydrogens is 268 g/mol. The Morgan fingerprint density at radius 2 is 1.95 bits per heavy atom. The number of Topliss-reactive ketones (excluding diaryl/α,β-unsaturated/α-hetero) is 1. The van der Waals surface area contributed by atoms with E-state index in [1.165, 1.54) is 11.8 Å². The average Bonchev–Trinajstić information content (AvgIpc) is 2.77. The van der Waals surface area contributed by atoms with Crippen LogP contribution in [-0.2, 0) is 0 Å². The molecule has 20 heavy (non-hydrogen) atoms. The Labute approximate surface area is 122 Å². The second-order valence-corrected chi connectivity index (χ2v) is 5.53. The van der Waals surface area contributed by atoms with Gasteiger partial charge in [0.05, 0.1) is 11.5 Å². The van der Waals surface area contributed by atoms with E-state index in [0.717, 1.165) is 26.7 Å². The molecule has 0 spiro atoms. The van der Waals surface area contributed by atoms with Gasteiger partial charge in [-0.15, -0.1) is 0 Å². The van der Waals surface area contributed by atoms with Gasteiger partial charge in [0, 0.05) is 10.5 Å². The van der Waals surface area contributed by atoms with Crippen molar-refractivity contribution in [2.24, 2.45) is 0 Å². The summed E-state index contributed by atoms with van der Waals surface area (Å²) in [5, 5.41) is 0. The van der Waals surface area contributed by atoms with E-state index in [-0.39, 0.29) is 5.78 Å². The van der Waals surface area contributed by atoms with Gasteiger partial charge in [-0.25, -0.2) is 0 Å². The molecule has 100 valence electrons. The molecule has 0 atom stereocenters. The number of hydrogen-bond acceptors (Lipinski definition) is 3. The van der Waals surface area contributed by atoms with Crippen molar-refractivity contribution >= 4 is 23.6 Å². The molecule has 2 aromatic rings. The number of hydrogen-bond donors (Lipinski definition) is 0. The van der Waals surface area contributed by atoms with E-state index >= 15 is 0 Å². The summed E-state index contributed by atoms with van der Waals surface area (Å²) in [4.78, 5) is 14.1. The van der Waals surface area contributed by atoms with Crippen molar-refractivity contribution in [1.82, 2.24) is 0 Å². The third-order valence-corrected chi connectivity index (χ3v) is 4.13. The highest BCUT2D eigenvalue weighted by Gasteiger charge is 2.26. The molecule has 0 amide bonds. The molecule has 2 aromatic carbocycles. The third kappa shape index (κ3) is 2.49. The number of carbonyl (C=O) groups excluding carboxylic acids is 1. The molecule has 0 unspecified atom stereocenters. The van der Waals surface area contributed by atoms with Crippen LogP contribution in [0.3, 0.4) is 0 Å². The first-order valence-corrected chi connectivity index (χ1v) is 7.35. The Morgan fingerprint density at radius 1 is 1.15 bits per heavy atom. The lowest BCUT2D eigenvalue weighted by atomic mass is 10.1. The zero-order valence-electron chi connectivity index (χ0n) is 11.1. The highest BCUT2D eigenvalue weighted by atomic mass is 32.2. The van der Waals surface area contributed by atoms with Crippen LogP contribution in [0.2, 0.25) is 0 Å². The van der Waals surface area contributed by atoms with Gasteiger partial charge in [-0.2, -0.15) is 0 Å². The fraction of sp³-hybridized carbons (Fsp3) is 0.118. The minimum absolute atomic E-state index is 0.0944. The summed E-state index contributed by atoms with van der Waals surface area (Å²) < 4.78 is 5.48. The molecule has 1 heterocycles. The van der Waals surface area contributed by atoms with Crippen molar-refractivity contribution < 1.29 is 9.53 Å². The highest BCUT2D eigenvalue weighted by molar-refractivity contribution is 8.04. The fourth-order valence-corrected chi connectivity index (χ4v) is 3.20. The predicted molar refractivity (Wildman–Crippen MR) is 82.2 cm³/mol. The number of benzene rings is 2. The minimum atomic E-state index is 0.0944. The molecule has 0 radical (unpaired) electrons. The monoisotopic (exact) mass is 282 g/mol. The number of rotatable bonds is 3. The SMILES string of the molecule is CCOc1ccc2c(c1)SC(=Cc1ccccc1)C2=O. The molecule has 0 fully saturated rings. The van der Waals surface area contributed by atoms with Crippen LogP contribution in [0.4, 0.5) is 0 Å². The summed E-state index contributed by atoms with van der Waals surface area (Å²) in [6.07, 6.45) is 1.94. The summed E-state index contributed by atoms with van der Waals surface area (Å²) >= 11 is 1.51. The molecule has 0 bridgehead atoms. The van der Waals surface area contributed by atoms with Gasteiger partial charge < -0.3 is 4.74 Å². The van der Waals surface area contributed by atoms with E-state index in [0.29, 0.717) is 6.61 Å². The molecule has 2 nitrogen and oxygen atoms in total. The summed E-state index contributed by atoms with van der Waals surface area (Å²) in [6.45, 7) is 2.58. The van der Waals surface area contributed by atoms with Gasteiger partial charge in [0.25, 0.3) is 0 Å². The quantitative estimate of drug-likeness (QED) is 0.780. The maximum absolute atomic E-state index is 12.3. The Kier molecular flexibility index (Phi) is 3.61. The Hall–Kier alpha value is -2.00. The molecule has 0 saturated heterocycles. The van der Waals surface area contributed by atoms with Crippen LogP contribution in [0.5, 0.6) is 5.75 Å². The molecule has 0 aliphatic carbocycles. The molecule has 0 saturated carbocycles. The maximum atomic E-state index is 12.3. The van der Waals surface area contributed by atoms with E-state index in [1.807, 2.05) is 61.5 Å². The van der Waals surface area contributed by atoms with Crippen molar-refractivity contribution in [1.29, 1.82) is 0 Å². The number of carbonyl (C=O) groups is 1. The topological polar surface area (TPSA) is 26.3 Å². The number of ketones is 1. The van der Waals surface area contributed by atoms with Gasteiger partial charge in [-0.05, 0) is 36.8 Å². The minimum Gasteiger partial charge on any atom is -0.494 e. The summed E-state index contributed by atoms with van der Waals surface area (Å²) in [5.74, 6) is 0.907. The van der Waals surface area contributed by atoms with Gasteiger partial charge >= 0.3 is 0 Å². The molecule has 0 N–H and O–H groups in total. The van der Waals surface area contributed by atoms with E-state index in [4.69, 9.17) is 4.74 Å². The van der Waals surface area contributed by atoms with E-state index in [1.54, 1.807) is 0 Å². The lowest BCUT2D eigenvalue weighted by Crippen LogP contribution is -1.95. The van der Waals surface area contributed by atoms with Gasteiger partial charge in [-0.1, -0.05) is 42.1 Å². The van der Waals surface area contributed by atoms with Crippen molar-refractivity contribution in [3.8, 4) is 5.75 Å². The van der Waals surface area contributed by atoms with Crippen LogP contribution >= 0.6 is 11.8 Å². The van der Waals surface area contributed by atoms with Gasteiger partial charge in [0.1, 0.15) is 5.75 Å². The average molecular weight is 282 g/mol. The van der Waals surface area contributed by atoms with E-state index in [2.05, 4.69) is 0 Å². The Balaban J connectivity index is 1.92. The number of fused-ring (bicyclic) bond motifs is 1. The smallest absolute Gasteiger partial charge is 0.200 e. The molecule has 0 aromatic heterocycles. The second-order valence-electron chi connectivity index (χ2n) is 4.44. The third-order valence-electron chi connectivity index (χ3n) is 3.05. The second kappa shape index (κ2) is 5.55. The summed E-state index contributed by atoms with van der Waals surface area (Å²) in [7, 11) is 0. The molecule has 3 heteroatoms. The first-order chi connectivity index (χ1) is 9.78. The largest absolute Gasteiger partial charge is 0.494 e. The lowest BCUT2D eigenvalue weighted by molar-refractivity contribution is 0.104. The van der Waals surface area contributed by atoms with Crippen LogP contribution in [-0.4, -0.2) is 12.4 Å². The molecular formula is C17H14O2S. The Bertz CT molecular complexity index is 675. The molecule has 3 rings (SSSR count). The lowest BCUT2D eigenvalue weighted by Gasteiger charge is -2.03. The molecule has 1 aliphatic heterocycles. The van der Waals surface area contributed by atoms with Crippen LogP contribution in [0.15, 0.2) is 58.3 Å². The number of allylic oxidation sites excluding steroid dienone is 1. The zero-order chi connectivity index (χ0) is 13.9. The summed E-state index contributed by atoms with van der Waals surface area (Å²) in [6, 6.07) is 15.5. The van der Waals surface area contributed by atoms with E-state index in [9.17, 15) is 4.79 Å². The predicted octanol–water partition coefficient (Wildman–Crippen LogP) is 4.41. The summed E-state index contributed by atoms with van der Waals surface area (Å²) in [5.41, 5.74) is 1.81. The van der Waals surface area contributed by atoms with Crippen LogP contribution in [0, 0.1) is 0 Å². The Morgan fingerprint density at radius 3 is 2.70 bits per heavy atom. The fourth-order valence-electron chi connectivity index (χ4n) is 2.12. The van der Waals surface area contributed by atoms with Gasteiger partial charge in [0.15, 0.2) is 0 Å². The van der Waals surface area contributed by atoms with Crippen molar-refractivity contribution in [3.05, 3.63) is 64.6 Å². The van der Waals surface area contributed by atoms with Crippen LogP contribution in [0.1, 0.15) is 22.8 Å². The highest BCUT2D eigenvalue weighted by Crippen LogP contribution is 2.42. The van der Waals surface area contributed by atoms with Gasteiger partial charge in [-0.3, -0.25) is 4.79 Å². The molecule has 1 aliphatic rings. The number of thioether (sulfide) groups is 1. The van der Waals surface area contributed by atoms with Crippen LogP contribution in [0.25, 0.3) is 6.08 Å². The van der Waals surface area contributed by atoms with E-state index < -0.39 is 0 Å². The van der Waals surface area contributed by atoms with Crippen molar-refractivity contribution in [2.75, 3.05) is 6.61 Å². The number of ether oxygens (including phenoxy) is 1. The van der Waals surface area contributed by atoms with Crippen LogP contribution < -0.4 is 4.74 Å². The normalized spacial score (nSPS) is 15.4. The zero-order valence-corrected chi connectivity index (χ0v) is 11.9. The van der Waals surface area contributed by atoms with Crippen molar-refractivity contribution in [3.63, 3.8) is 0 Å².